The van der Waals surface area contributed by atoms with Crippen molar-refractivity contribution in [2.75, 3.05) is 5.32 Å². The minimum absolute atomic E-state index is 0.0409. The van der Waals surface area contributed by atoms with Gasteiger partial charge in [0.15, 0.2) is 0 Å². The van der Waals surface area contributed by atoms with Crippen LogP contribution in [-0.2, 0) is 5.41 Å². The first-order valence-corrected chi connectivity index (χ1v) is 8.99. The van der Waals surface area contributed by atoms with Crippen molar-refractivity contribution in [2.24, 2.45) is 0 Å². The molecule has 0 aliphatic rings. The van der Waals surface area contributed by atoms with Gasteiger partial charge in [0, 0.05) is 28.5 Å². The molecule has 1 heterocycles. The summed E-state index contributed by atoms with van der Waals surface area (Å²) in [5.41, 5.74) is 3.17. The Hall–Kier alpha value is -2.85. The Balaban J connectivity index is 1.80. The van der Waals surface area contributed by atoms with Gasteiger partial charge in [-0.3, -0.25) is 9.78 Å². The van der Waals surface area contributed by atoms with Crippen molar-refractivity contribution in [2.45, 2.75) is 26.2 Å². The third-order valence-corrected chi connectivity index (χ3v) is 4.61. The maximum atomic E-state index is 12.5. The van der Waals surface area contributed by atoms with E-state index in [9.17, 15) is 9.90 Å². The van der Waals surface area contributed by atoms with Gasteiger partial charge in [-0.05, 0) is 29.2 Å². The van der Waals surface area contributed by atoms with Crippen LogP contribution < -0.4 is 5.32 Å². The van der Waals surface area contributed by atoms with Crippen LogP contribution in [0.3, 0.4) is 0 Å². The Bertz CT molecular complexity index is 976. The van der Waals surface area contributed by atoms with Crippen LogP contribution in [0.1, 0.15) is 36.7 Å². The summed E-state index contributed by atoms with van der Waals surface area (Å²) in [6.45, 7) is 6.39. The summed E-state index contributed by atoms with van der Waals surface area (Å²) in [7, 11) is 0. The van der Waals surface area contributed by atoms with Crippen LogP contribution in [0, 0.1) is 0 Å². The molecule has 5 heteroatoms. The second kappa shape index (κ2) is 7.41. The Morgan fingerprint density at radius 3 is 2.33 bits per heavy atom. The number of benzene rings is 2. The van der Waals surface area contributed by atoms with Crippen molar-refractivity contribution in [3.8, 4) is 17.0 Å². The molecule has 2 aromatic carbocycles. The van der Waals surface area contributed by atoms with Crippen LogP contribution in [0.4, 0.5) is 5.69 Å². The zero-order valence-electron chi connectivity index (χ0n) is 15.5. The molecule has 0 radical (unpaired) electrons. The lowest BCUT2D eigenvalue weighted by molar-refractivity contribution is 0.102. The minimum Gasteiger partial charge on any atom is -0.507 e. The molecule has 1 aromatic heterocycles. The van der Waals surface area contributed by atoms with E-state index in [-0.39, 0.29) is 16.7 Å². The van der Waals surface area contributed by atoms with Gasteiger partial charge >= 0.3 is 0 Å². The molecule has 0 atom stereocenters. The topological polar surface area (TPSA) is 62.2 Å². The van der Waals surface area contributed by atoms with Gasteiger partial charge in [0.25, 0.3) is 5.91 Å². The van der Waals surface area contributed by atoms with Gasteiger partial charge in [-0.15, -0.1) is 0 Å². The highest BCUT2D eigenvalue weighted by Gasteiger charge is 2.16. The SMILES string of the molecule is CC(C)(C)c1ccc(NC(=O)c2cnc(-c3ccccc3Cl)cc2O)cc1. The summed E-state index contributed by atoms with van der Waals surface area (Å²) in [5, 5.41) is 13.6. The molecule has 0 bridgehead atoms. The molecular formula is C22H21ClN2O2. The first-order chi connectivity index (χ1) is 12.8. The standard InChI is InChI=1S/C22H21ClN2O2/c1-22(2,3)14-8-10-15(11-9-14)25-21(27)17-13-24-19(12-20(17)26)16-6-4-5-7-18(16)23/h4-13H,1-3H3,(H,24,26)(H,25,27). The molecule has 1 amide bonds. The molecule has 27 heavy (non-hydrogen) atoms. The molecule has 0 aliphatic carbocycles. The Labute approximate surface area is 163 Å². The van der Waals surface area contributed by atoms with Gasteiger partial charge in [-0.1, -0.05) is 62.7 Å². The van der Waals surface area contributed by atoms with Gasteiger partial charge in [-0.2, -0.15) is 0 Å². The van der Waals surface area contributed by atoms with Crippen molar-refractivity contribution in [1.82, 2.24) is 4.98 Å². The fraction of sp³-hybridized carbons (Fsp3) is 0.182. The molecule has 138 valence electrons. The number of aromatic hydroxyl groups is 1. The van der Waals surface area contributed by atoms with E-state index in [1.807, 2.05) is 36.4 Å². The number of nitrogens with one attached hydrogen (secondary N) is 1. The summed E-state index contributed by atoms with van der Waals surface area (Å²) in [5.74, 6) is -0.571. The quantitative estimate of drug-likeness (QED) is 0.616. The van der Waals surface area contributed by atoms with Crippen LogP contribution in [0.2, 0.25) is 5.02 Å². The van der Waals surface area contributed by atoms with Gasteiger partial charge in [0.05, 0.1) is 11.3 Å². The van der Waals surface area contributed by atoms with E-state index in [2.05, 4.69) is 31.1 Å². The molecule has 4 nitrogen and oxygen atoms in total. The zero-order chi connectivity index (χ0) is 19.6. The van der Waals surface area contributed by atoms with Crippen LogP contribution in [0.25, 0.3) is 11.3 Å². The summed E-state index contributed by atoms with van der Waals surface area (Å²) in [4.78, 5) is 16.8. The van der Waals surface area contributed by atoms with Gasteiger partial charge in [0.1, 0.15) is 5.75 Å². The second-order valence-electron chi connectivity index (χ2n) is 7.35. The van der Waals surface area contributed by atoms with E-state index in [1.54, 1.807) is 12.1 Å². The normalized spacial score (nSPS) is 11.3. The fourth-order valence-corrected chi connectivity index (χ4v) is 2.92. The zero-order valence-corrected chi connectivity index (χ0v) is 16.2. The number of amides is 1. The molecule has 0 fully saturated rings. The van der Waals surface area contributed by atoms with Gasteiger partial charge < -0.3 is 10.4 Å². The number of carbonyl (C=O) groups excluding carboxylic acids is 1. The average molecular weight is 381 g/mol. The van der Waals surface area contributed by atoms with E-state index in [1.165, 1.54) is 17.8 Å². The van der Waals surface area contributed by atoms with Crippen LogP contribution >= 0.6 is 11.6 Å². The number of aromatic nitrogens is 1. The number of hydrogen-bond donors (Lipinski definition) is 2. The Kier molecular flexibility index (Phi) is 5.19. The van der Waals surface area contributed by atoms with E-state index in [0.29, 0.717) is 22.0 Å². The van der Waals surface area contributed by atoms with Crippen LogP contribution in [-0.4, -0.2) is 16.0 Å². The third-order valence-electron chi connectivity index (χ3n) is 4.29. The molecule has 0 saturated heterocycles. The van der Waals surface area contributed by atoms with Gasteiger partial charge in [0.2, 0.25) is 0 Å². The third kappa shape index (κ3) is 4.29. The van der Waals surface area contributed by atoms with E-state index >= 15 is 0 Å². The highest BCUT2D eigenvalue weighted by atomic mass is 35.5. The van der Waals surface area contributed by atoms with Crippen molar-refractivity contribution in [3.05, 3.63) is 76.9 Å². The van der Waals surface area contributed by atoms with Crippen molar-refractivity contribution < 1.29 is 9.90 Å². The highest BCUT2D eigenvalue weighted by Crippen LogP contribution is 2.30. The number of rotatable bonds is 3. The lowest BCUT2D eigenvalue weighted by Crippen LogP contribution is -2.14. The monoisotopic (exact) mass is 380 g/mol. The molecule has 3 aromatic rings. The van der Waals surface area contributed by atoms with E-state index in [0.717, 1.165) is 0 Å². The summed E-state index contributed by atoms with van der Waals surface area (Å²) in [6.07, 6.45) is 1.35. The number of anilines is 1. The Morgan fingerprint density at radius 2 is 1.74 bits per heavy atom. The predicted molar refractivity (Wildman–Crippen MR) is 109 cm³/mol. The minimum atomic E-state index is -0.422. The maximum Gasteiger partial charge on any atom is 0.260 e. The molecule has 0 aliphatic heterocycles. The number of nitrogens with zero attached hydrogens (tertiary/aromatic N) is 1. The molecule has 3 rings (SSSR count). The van der Waals surface area contributed by atoms with E-state index in [4.69, 9.17) is 11.6 Å². The smallest absolute Gasteiger partial charge is 0.260 e. The summed E-state index contributed by atoms with van der Waals surface area (Å²) < 4.78 is 0. The van der Waals surface area contributed by atoms with E-state index < -0.39 is 5.91 Å². The predicted octanol–water partition coefficient (Wildman–Crippen LogP) is 5.66. The van der Waals surface area contributed by atoms with Crippen molar-refractivity contribution in [1.29, 1.82) is 0 Å². The first kappa shape index (κ1) is 18.9. The highest BCUT2D eigenvalue weighted by molar-refractivity contribution is 6.33. The molecule has 0 saturated carbocycles. The Morgan fingerprint density at radius 1 is 1.07 bits per heavy atom. The number of halogens is 1. The lowest BCUT2D eigenvalue weighted by atomic mass is 9.87. The molecular weight excluding hydrogens is 360 g/mol. The van der Waals surface area contributed by atoms with Crippen LogP contribution in [0.5, 0.6) is 5.75 Å². The van der Waals surface area contributed by atoms with Crippen molar-refractivity contribution >= 4 is 23.2 Å². The van der Waals surface area contributed by atoms with Gasteiger partial charge in [-0.25, -0.2) is 0 Å². The summed E-state index contributed by atoms with van der Waals surface area (Å²) >= 11 is 6.16. The fourth-order valence-electron chi connectivity index (χ4n) is 2.69. The molecule has 2 N–H and O–H groups in total. The lowest BCUT2D eigenvalue weighted by Gasteiger charge is -2.19. The summed E-state index contributed by atoms with van der Waals surface area (Å²) in [6, 6.07) is 16.3. The number of hydrogen-bond acceptors (Lipinski definition) is 3. The maximum absolute atomic E-state index is 12.5. The first-order valence-electron chi connectivity index (χ1n) is 8.61. The van der Waals surface area contributed by atoms with Crippen molar-refractivity contribution in [3.63, 3.8) is 0 Å². The molecule has 0 unspecified atom stereocenters. The largest absolute Gasteiger partial charge is 0.507 e. The van der Waals surface area contributed by atoms with Crippen LogP contribution in [0.15, 0.2) is 60.8 Å². The number of carbonyl (C=O) groups is 1. The average Bonchev–Trinajstić information content (AvgIpc) is 2.61. The number of pyridine rings is 1. The second-order valence-corrected chi connectivity index (χ2v) is 7.76. The molecule has 0 spiro atoms.